The second kappa shape index (κ2) is 10.4. The lowest BCUT2D eigenvalue weighted by atomic mass is 9.98. The highest BCUT2D eigenvalue weighted by Crippen LogP contribution is 2.44. The molecule has 9 heteroatoms. The van der Waals surface area contributed by atoms with E-state index in [1.165, 1.54) is 12.1 Å². The molecule has 1 aliphatic carbocycles. The summed E-state index contributed by atoms with van der Waals surface area (Å²) in [5.74, 6) is -0.683. The molecule has 3 aromatic carbocycles. The van der Waals surface area contributed by atoms with Gasteiger partial charge in [-0.1, -0.05) is 60.7 Å². The highest BCUT2D eigenvalue weighted by Gasteiger charge is 2.41. The van der Waals surface area contributed by atoms with E-state index >= 15 is 0 Å². The van der Waals surface area contributed by atoms with Gasteiger partial charge >= 0.3 is 12.1 Å². The molecule has 37 heavy (non-hydrogen) atoms. The van der Waals surface area contributed by atoms with Gasteiger partial charge in [-0.05, 0) is 54.2 Å². The third-order valence-electron chi connectivity index (χ3n) is 6.82. The number of esters is 1. The number of fused-ring (bicyclic) bond motifs is 3. The molecule has 8 nitrogen and oxygen atoms in total. The predicted octanol–water partition coefficient (Wildman–Crippen LogP) is 4.76. The van der Waals surface area contributed by atoms with Gasteiger partial charge < -0.3 is 9.47 Å². The normalized spacial score (nSPS) is 17.2. The summed E-state index contributed by atoms with van der Waals surface area (Å²) in [5, 5.41) is 2.60. The molecule has 5 rings (SSSR count). The van der Waals surface area contributed by atoms with Crippen LogP contribution in [-0.2, 0) is 24.3 Å². The minimum Gasteiger partial charge on any atom is -0.465 e. The average molecular weight is 521 g/mol. The Kier molecular flexibility index (Phi) is 6.99. The summed E-state index contributed by atoms with van der Waals surface area (Å²) in [7, 11) is -4.08. The second-order valence-electron chi connectivity index (χ2n) is 8.97. The van der Waals surface area contributed by atoms with E-state index in [0.717, 1.165) is 26.6 Å². The van der Waals surface area contributed by atoms with Crippen LogP contribution in [0.5, 0.6) is 0 Å². The first-order valence-electron chi connectivity index (χ1n) is 12.3. The zero-order valence-electron chi connectivity index (χ0n) is 20.4. The van der Waals surface area contributed by atoms with Gasteiger partial charge in [0.25, 0.3) is 0 Å². The monoisotopic (exact) mass is 520 g/mol. The Morgan fingerprint density at radius 2 is 1.54 bits per heavy atom. The molecule has 1 N–H and O–H groups in total. The van der Waals surface area contributed by atoms with Crippen molar-refractivity contribution in [1.82, 2.24) is 4.31 Å². The fraction of sp³-hybridized carbons (Fsp3) is 0.286. The Morgan fingerprint density at radius 3 is 2.22 bits per heavy atom. The Morgan fingerprint density at radius 1 is 0.919 bits per heavy atom. The molecule has 0 radical (unpaired) electrons. The summed E-state index contributed by atoms with van der Waals surface area (Å²) in [6.45, 7) is 2.15. The van der Waals surface area contributed by atoms with Crippen LogP contribution in [0, 0.1) is 0 Å². The number of nitrogens with zero attached hydrogens (tertiary/aromatic N) is 1. The summed E-state index contributed by atoms with van der Waals surface area (Å²) in [5.41, 5.74) is 4.49. The predicted molar refractivity (Wildman–Crippen MR) is 139 cm³/mol. The largest absolute Gasteiger partial charge is 0.465 e. The molecule has 1 amide bonds. The third kappa shape index (κ3) is 4.72. The van der Waals surface area contributed by atoms with E-state index in [0.29, 0.717) is 12.8 Å². The summed E-state index contributed by atoms with van der Waals surface area (Å²) in [6.07, 6.45) is 0.179. The van der Waals surface area contributed by atoms with E-state index in [2.05, 4.69) is 17.4 Å². The Hall–Kier alpha value is -3.69. The molecule has 2 aliphatic rings. The van der Waals surface area contributed by atoms with E-state index in [4.69, 9.17) is 9.47 Å². The van der Waals surface area contributed by atoms with Crippen LogP contribution in [0.3, 0.4) is 0 Å². The number of nitrogens with one attached hydrogen (secondary N) is 1. The first-order chi connectivity index (χ1) is 17.9. The number of sulfonamides is 1. The van der Waals surface area contributed by atoms with Crippen molar-refractivity contribution >= 4 is 27.8 Å². The Balaban J connectivity index is 1.33. The van der Waals surface area contributed by atoms with Gasteiger partial charge in [0.05, 0.1) is 12.3 Å². The molecule has 0 spiro atoms. The number of para-hydroxylation sites is 1. The van der Waals surface area contributed by atoms with Crippen molar-refractivity contribution in [3.05, 3.63) is 83.9 Å². The SMILES string of the molecule is CCOC(=O)C1CCCN1S(=O)(=O)c1ccccc1NC(=O)OCC1c2ccccc2-c2ccccc21. The zero-order chi connectivity index (χ0) is 26.0. The van der Waals surface area contributed by atoms with Crippen molar-refractivity contribution in [3.63, 3.8) is 0 Å². The smallest absolute Gasteiger partial charge is 0.411 e. The van der Waals surface area contributed by atoms with Crippen LogP contribution in [0.25, 0.3) is 11.1 Å². The number of carbonyl (C=O) groups is 2. The van der Waals surface area contributed by atoms with Crippen LogP contribution in [0.15, 0.2) is 77.7 Å². The van der Waals surface area contributed by atoms with Crippen molar-refractivity contribution in [2.45, 2.75) is 36.6 Å². The van der Waals surface area contributed by atoms with E-state index in [1.54, 1.807) is 19.1 Å². The first-order valence-corrected chi connectivity index (χ1v) is 13.8. The molecule has 1 unspecified atom stereocenters. The molecule has 0 aromatic heterocycles. The summed E-state index contributed by atoms with van der Waals surface area (Å²) in [6, 6.07) is 21.3. The van der Waals surface area contributed by atoms with Gasteiger partial charge in [0, 0.05) is 12.5 Å². The van der Waals surface area contributed by atoms with Crippen molar-refractivity contribution in [1.29, 1.82) is 0 Å². The molecule has 1 aliphatic heterocycles. The van der Waals surface area contributed by atoms with Crippen LogP contribution in [0.1, 0.15) is 36.8 Å². The molecule has 0 bridgehead atoms. The van der Waals surface area contributed by atoms with Gasteiger partial charge in [-0.25, -0.2) is 13.2 Å². The lowest BCUT2D eigenvalue weighted by Crippen LogP contribution is -2.41. The quantitative estimate of drug-likeness (QED) is 0.451. The van der Waals surface area contributed by atoms with Crippen LogP contribution < -0.4 is 5.32 Å². The molecule has 0 saturated carbocycles. The number of carbonyl (C=O) groups excluding carboxylic acids is 2. The number of amides is 1. The van der Waals surface area contributed by atoms with Crippen LogP contribution in [-0.4, -0.2) is 50.6 Å². The Bertz CT molecular complexity index is 1390. The molecule has 1 heterocycles. The second-order valence-corrected chi connectivity index (χ2v) is 10.8. The van der Waals surface area contributed by atoms with Gasteiger partial charge in [0.15, 0.2) is 0 Å². The van der Waals surface area contributed by atoms with Gasteiger partial charge in [-0.15, -0.1) is 0 Å². The first kappa shape index (κ1) is 25.0. The maximum Gasteiger partial charge on any atom is 0.411 e. The fourth-order valence-electron chi connectivity index (χ4n) is 5.17. The maximum absolute atomic E-state index is 13.5. The fourth-order valence-corrected chi connectivity index (χ4v) is 6.96. The highest BCUT2D eigenvalue weighted by atomic mass is 32.2. The summed E-state index contributed by atoms with van der Waals surface area (Å²) in [4.78, 5) is 25.1. The maximum atomic E-state index is 13.5. The average Bonchev–Trinajstić information content (AvgIpc) is 3.52. The third-order valence-corrected chi connectivity index (χ3v) is 8.78. The Labute approximate surface area is 216 Å². The molecule has 1 atom stereocenters. The number of anilines is 1. The van der Waals surface area contributed by atoms with Crippen LogP contribution in [0.2, 0.25) is 0 Å². The molecule has 1 saturated heterocycles. The van der Waals surface area contributed by atoms with E-state index in [-0.39, 0.29) is 36.3 Å². The van der Waals surface area contributed by atoms with Crippen LogP contribution >= 0.6 is 0 Å². The number of hydrogen-bond acceptors (Lipinski definition) is 6. The van der Waals surface area contributed by atoms with Crippen molar-refractivity contribution in [3.8, 4) is 11.1 Å². The summed E-state index contributed by atoms with van der Waals surface area (Å²) >= 11 is 0. The topological polar surface area (TPSA) is 102 Å². The van der Waals surface area contributed by atoms with Gasteiger partial charge in [0.2, 0.25) is 10.0 Å². The molecule has 3 aromatic rings. The number of rotatable bonds is 7. The van der Waals surface area contributed by atoms with Crippen LogP contribution in [0.4, 0.5) is 10.5 Å². The number of hydrogen-bond donors (Lipinski definition) is 1. The highest BCUT2D eigenvalue weighted by molar-refractivity contribution is 7.89. The molecular weight excluding hydrogens is 492 g/mol. The van der Waals surface area contributed by atoms with E-state index in [9.17, 15) is 18.0 Å². The van der Waals surface area contributed by atoms with Crippen molar-refractivity contribution in [2.24, 2.45) is 0 Å². The van der Waals surface area contributed by atoms with Crippen molar-refractivity contribution < 1.29 is 27.5 Å². The van der Waals surface area contributed by atoms with Crippen molar-refractivity contribution in [2.75, 3.05) is 25.1 Å². The number of benzene rings is 3. The minimum absolute atomic E-state index is 0.0919. The standard InChI is InChI=1S/C28H28N2O6S/c1-2-35-27(31)25-15-9-17-30(25)37(33,34)26-16-8-7-14-24(26)29-28(32)36-18-23-21-12-5-3-10-19(21)20-11-4-6-13-22(20)23/h3-8,10-14,16,23,25H,2,9,15,17-18H2,1H3,(H,29,32). The summed E-state index contributed by atoms with van der Waals surface area (Å²) < 4.78 is 38.9. The lowest BCUT2D eigenvalue weighted by Gasteiger charge is -2.24. The van der Waals surface area contributed by atoms with Gasteiger partial charge in [0.1, 0.15) is 17.5 Å². The molecule has 192 valence electrons. The lowest BCUT2D eigenvalue weighted by molar-refractivity contribution is -0.146. The molecule has 1 fully saturated rings. The zero-order valence-corrected chi connectivity index (χ0v) is 21.2. The van der Waals surface area contributed by atoms with E-state index in [1.807, 2.05) is 36.4 Å². The van der Waals surface area contributed by atoms with Gasteiger partial charge in [-0.2, -0.15) is 4.31 Å². The van der Waals surface area contributed by atoms with Gasteiger partial charge in [-0.3, -0.25) is 10.1 Å². The minimum atomic E-state index is -4.08. The number of ether oxygens (including phenoxy) is 2. The molecular formula is C28H28N2O6S. The van der Waals surface area contributed by atoms with E-state index < -0.39 is 28.1 Å².